The van der Waals surface area contributed by atoms with Crippen LogP contribution in [0.1, 0.15) is 29.8 Å². The summed E-state index contributed by atoms with van der Waals surface area (Å²) in [5.41, 5.74) is 6.51. The zero-order valence-electron chi connectivity index (χ0n) is 11.4. The smallest absolute Gasteiger partial charge is 0.253 e. The molecule has 0 spiro atoms. The Balaban J connectivity index is 2.89. The van der Waals surface area contributed by atoms with Crippen LogP contribution in [0.2, 0.25) is 0 Å². The van der Waals surface area contributed by atoms with Crippen LogP contribution >= 0.6 is 12.2 Å². The number of nitrogens with two attached hydrogens (primary N) is 1. The van der Waals surface area contributed by atoms with Crippen molar-refractivity contribution in [2.45, 2.75) is 20.8 Å². The molecule has 0 bridgehead atoms. The highest BCUT2D eigenvalue weighted by atomic mass is 32.1. The molecule has 1 unspecified atom stereocenters. The first-order valence-corrected chi connectivity index (χ1v) is 6.62. The van der Waals surface area contributed by atoms with E-state index in [0.717, 1.165) is 0 Å². The summed E-state index contributed by atoms with van der Waals surface area (Å²) in [6.45, 7) is 6.44. The fraction of sp³-hybridized carbons (Fsp3) is 0.429. The molecule has 1 aromatic rings. The molecular formula is C14H19FN2OS. The Labute approximate surface area is 118 Å². The lowest BCUT2D eigenvalue weighted by atomic mass is 10.1. The quantitative estimate of drug-likeness (QED) is 0.844. The second kappa shape index (κ2) is 6.61. The predicted octanol–water partition coefficient (Wildman–Crippen LogP) is 2.52. The molecule has 1 rings (SSSR count). The van der Waals surface area contributed by atoms with Crippen molar-refractivity contribution in [1.29, 1.82) is 0 Å². The van der Waals surface area contributed by atoms with Crippen molar-refractivity contribution in [1.82, 2.24) is 4.90 Å². The van der Waals surface area contributed by atoms with Crippen molar-refractivity contribution in [3.63, 3.8) is 0 Å². The molecule has 5 heteroatoms. The highest BCUT2D eigenvalue weighted by Gasteiger charge is 2.18. The second-order valence-corrected chi connectivity index (χ2v) is 5.08. The fourth-order valence-electron chi connectivity index (χ4n) is 1.74. The summed E-state index contributed by atoms with van der Waals surface area (Å²) in [6, 6.07) is 4.37. The van der Waals surface area contributed by atoms with Gasteiger partial charge >= 0.3 is 0 Å². The maximum atomic E-state index is 13.2. The predicted molar refractivity (Wildman–Crippen MR) is 78.7 cm³/mol. The number of rotatable bonds is 5. The van der Waals surface area contributed by atoms with Crippen LogP contribution in [0, 0.1) is 18.7 Å². The molecule has 0 heterocycles. The summed E-state index contributed by atoms with van der Waals surface area (Å²) in [5, 5.41) is 0. The van der Waals surface area contributed by atoms with Crippen molar-refractivity contribution in [2.75, 3.05) is 13.1 Å². The van der Waals surface area contributed by atoms with Gasteiger partial charge in [-0.2, -0.15) is 0 Å². The first-order valence-electron chi connectivity index (χ1n) is 6.21. The minimum Gasteiger partial charge on any atom is -0.393 e. The Kier molecular flexibility index (Phi) is 5.42. The maximum Gasteiger partial charge on any atom is 0.253 e. The normalized spacial score (nSPS) is 12.0. The topological polar surface area (TPSA) is 46.3 Å². The SMILES string of the molecule is CCN(CC(C)C(N)=S)C(=O)c1ccc(F)c(C)c1. The van der Waals surface area contributed by atoms with Crippen LogP contribution in [0.5, 0.6) is 0 Å². The molecule has 19 heavy (non-hydrogen) atoms. The van der Waals surface area contributed by atoms with E-state index in [4.69, 9.17) is 18.0 Å². The summed E-state index contributed by atoms with van der Waals surface area (Å²) in [4.78, 5) is 14.4. The molecule has 104 valence electrons. The van der Waals surface area contributed by atoms with Gasteiger partial charge in [-0.25, -0.2) is 4.39 Å². The van der Waals surface area contributed by atoms with Crippen LogP contribution in [-0.4, -0.2) is 28.9 Å². The Morgan fingerprint density at radius 2 is 2.16 bits per heavy atom. The van der Waals surface area contributed by atoms with Gasteiger partial charge in [-0.15, -0.1) is 0 Å². The van der Waals surface area contributed by atoms with Crippen LogP contribution < -0.4 is 5.73 Å². The number of benzene rings is 1. The van der Waals surface area contributed by atoms with Crippen LogP contribution in [0.15, 0.2) is 18.2 Å². The third-order valence-corrected chi connectivity index (χ3v) is 3.46. The first-order chi connectivity index (χ1) is 8.86. The summed E-state index contributed by atoms with van der Waals surface area (Å²) < 4.78 is 13.2. The standard InChI is InChI=1S/C14H19FN2OS/c1-4-17(8-10(3)13(16)19)14(18)11-5-6-12(15)9(2)7-11/h5-7,10H,4,8H2,1-3H3,(H2,16,19). The van der Waals surface area contributed by atoms with E-state index in [1.807, 2.05) is 13.8 Å². The van der Waals surface area contributed by atoms with E-state index in [1.54, 1.807) is 17.9 Å². The highest BCUT2D eigenvalue weighted by molar-refractivity contribution is 7.80. The lowest BCUT2D eigenvalue weighted by molar-refractivity contribution is 0.0754. The monoisotopic (exact) mass is 282 g/mol. The van der Waals surface area contributed by atoms with Gasteiger partial charge in [-0.1, -0.05) is 19.1 Å². The Morgan fingerprint density at radius 3 is 2.63 bits per heavy atom. The molecule has 0 radical (unpaired) electrons. The summed E-state index contributed by atoms with van der Waals surface area (Å²) >= 11 is 4.92. The lowest BCUT2D eigenvalue weighted by Gasteiger charge is -2.24. The van der Waals surface area contributed by atoms with Gasteiger partial charge in [0.25, 0.3) is 5.91 Å². The fourth-order valence-corrected chi connectivity index (χ4v) is 1.81. The Morgan fingerprint density at radius 1 is 1.53 bits per heavy atom. The van der Waals surface area contributed by atoms with Gasteiger partial charge in [0.05, 0.1) is 4.99 Å². The van der Waals surface area contributed by atoms with Crippen LogP contribution in [-0.2, 0) is 0 Å². The largest absolute Gasteiger partial charge is 0.393 e. The summed E-state index contributed by atoms with van der Waals surface area (Å²) in [6.07, 6.45) is 0. The minimum atomic E-state index is -0.309. The Bertz CT molecular complexity index is 490. The van der Waals surface area contributed by atoms with Crippen LogP contribution in [0.3, 0.4) is 0 Å². The van der Waals surface area contributed by atoms with Crippen LogP contribution in [0.4, 0.5) is 4.39 Å². The zero-order valence-corrected chi connectivity index (χ0v) is 12.3. The van der Waals surface area contributed by atoms with E-state index in [0.29, 0.717) is 29.2 Å². The number of aryl methyl sites for hydroxylation is 1. The number of amides is 1. The molecule has 3 nitrogen and oxygen atoms in total. The van der Waals surface area contributed by atoms with Gasteiger partial charge < -0.3 is 10.6 Å². The van der Waals surface area contributed by atoms with Gasteiger partial charge in [-0.3, -0.25) is 4.79 Å². The van der Waals surface area contributed by atoms with Crippen molar-refractivity contribution >= 4 is 23.1 Å². The third kappa shape index (κ3) is 3.99. The van der Waals surface area contributed by atoms with E-state index in [-0.39, 0.29) is 17.6 Å². The van der Waals surface area contributed by atoms with E-state index in [2.05, 4.69) is 0 Å². The zero-order chi connectivity index (χ0) is 14.6. The molecule has 0 saturated carbocycles. The van der Waals surface area contributed by atoms with Gasteiger partial charge in [0.15, 0.2) is 0 Å². The second-order valence-electron chi connectivity index (χ2n) is 4.61. The first kappa shape index (κ1) is 15.6. The number of carbonyl (C=O) groups is 1. The molecule has 0 fully saturated rings. The molecule has 0 aromatic heterocycles. The molecule has 2 N–H and O–H groups in total. The summed E-state index contributed by atoms with van der Waals surface area (Å²) in [5.74, 6) is -0.481. The van der Waals surface area contributed by atoms with Gasteiger partial charge in [0.2, 0.25) is 0 Å². The molecule has 1 amide bonds. The number of thiocarbonyl (C=S) groups is 1. The van der Waals surface area contributed by atoms with Crippen molar-refractivity contribution in [2.24, 2.45) is 11.7 Å². The number of nitrogens with zero attached hydrogens (tertiary/aromatic N) is 1. The van der Waals surface area contributed by atoms with E-state index in [9.17, 15) is 9.18 Å². The molecular weight excluding hydrogens is 263 g/mol. The third-order valence-electron chi connectivity index (χ3n) is 3.05. The molecule has 0 aliphatic carbocycles. The van der Waals surface area contributed by atoms with Gasteiger partial charge in [0, 0.05) is 24.6 Å². The average molecular weight is 282 g/mol. The molecule has 0 aliphatic heterocycles. The molecule has 1 aromatic carbocycles. The maximum absolute atomic E-state index is 13.2. The van der Waals surface area contributed by atoms with Gasteiger partial charge in [0.1, 0.15) is 5.82 Å². The van der Waals surface area contributed by atoms with Crippen LogP contribution in [0.25, 0.3) is 0 Å². The molecule has 1 atom stereocenters. The van der Waals surface area contributed by atoms with E-state index < -0.39 is 0 Å². The number of carbonyl (C=O) groups excluding carboxylic acids is 1. The number of hydrogen-bond acceptors (Lipinski definition) is 2. The van der Waals surface area contributed by atoms with Crippen molar-refractivity contribution < 1.29 is 9.18 Å². The minimum absolute atomic E-state index is 0.0413. The average Bonchev–Trinajstić information content (AvgIpc) is 2.37. The van der Waals surface area contributed by atoms with Crippen molar-refractivity contribution in [3.8, 4) is 0 Å². The highest BCUT2D eigenvalue weighted by Crippen LogP contribution is 2.13. The molecule has 0 saturated heterocycles. The Hall–Kier alpha value is -1.49. The summed E-state index contributed by atoms with van der Waals surface area (Å²) in [7, 11) is 0. The van der Waals surface area contributed by atoms with Gasteiger partial charge in [-0.05, 0) is 37.6 Å². The number of hydrogen-bond donors (Lipinski definition) is 1. The number of halogens is 1. The molecule has 0 aliphatic rings. The lowest BCUT2D eigenvalue weighted by Crippen LogP contribution is -2.38. The van der Waals surface area contributed by atoms with E-state index in [1.165, 1.54) is 12.1 Å². The van der Waals surface area contributed by atoms with E-state index >= 15 is 0 Å². The van der Waals surface area contributed by atoms with Crippen molar-refractivity contribution in [3.05, 3.63) is 35.1 Å².